The van der Waals surface area contributed by atoms with Gasteiger partial charge in [0, 0.05) is 5.56 Å². The summed E-state index contributed by atoms with van der Waals surface area (Å²) in [7, 11) is 0. The molecule has 1 N–H and O–H groups in total. The number of phenols is 1. The van der Waals surface area contributed by atoms with Crippen molar-refractivity contribution in [2.45, 2.75) is 25.7 Å². The highest BCUT2D eigenvalue weighted by Crippen LogP contribution is 2.41. The van der Waals surface area contributed by atoms with E-state index in [1.165, 1.54) is 53.0 Å². The zero-order chi connectivity index (χ0) is 26.2. The summed E-state index contributed by atoms with van der Waals surface area (Å²) in [6.07, 6.45) is 9.61. The predicted octanol–water partition coefficient (Wildman–Crippen LogP) is 10.3. The lowest BCUT2D eigenvalue weighted by atomic mass is 9.80. The number of benzene rings is 6. The first-order chi connectivity index (χ1) is 19.3. The van der Waals surface area contributed by atoms with E-state index in [1.54, 1.807) is 17.2 Å². The third-order valence-electron chi connectivity index (χ3n) is 8.25. The first-order valence-corrected chi connectivity index (χ1v) is 13.9. The van der Waals surface area contributed by atoms with Crippen LogP contribution in [0.2, 0.25) is 0 Å². The Hall–Kier alpha value is -4.62. The largest absolute Gasteiger partial charge is 0.507 e. The molecule has 0 fully saturated rings. The maximum atomic E-state index is 10.4. The third-order valence-corrected chi connectivity index (χ3v) is 8.25. The molecular weight excluding hydrogens is 472 g/mol. The van der Waals surface area contributed by atoms with Gasteiger partial charge in [0.1, 0.15) is 5.75 Å². The summed E-state index contributed by atoms with van der Waals surface area (Å²) in [4.78, 5) is 0. The number of aromatic hydroxyl groups is 1. The molecular formula is C38H30O. The van der Waals surface area contributed by atoms with Gasteiger partial charge >= 0.3 is 0 Å². The zero-order valence-corrected chi connectivity index (χ0v) is 21.9. The van der Waals surface area contributed by atoms with Gasteiger partial charge in [-0.25, -0.2) is 0 Å². The van der Waals surface area contributed by atoms with Gasteiger partial charge in [0.15, 0.2) is 0 Å². The van der Waals surface area contributed by atoms with Gasteiger partial charge in [0.05, 0.1) is 0 Å². The zero-order valence-electron chi connectivity index (χ0n) is 21.9. The molecule has 0 saturated carbocycles. The topological polar surface area (TPSA) is 20.2 Å². The van der Waals surface area contributed by atoms with Gasteiger partial charge in [-0.2, -0.15) is 0 Å². The fourth-order valence-electron chi connectivity index (χ4n) is 6.37. The van der Waals surface area contributed by atoms with Crippen LogP contribution in [0.4, 0.5) is 0 Å². The molecule has 2 aliphatic rings. The molecule has 1 nitrogen and oxygen atoms in total. The van der Waals surface area contributed by atoms with Gasteiger partial charge in [-0.3, -0.25) is 0 Å². The van der Waals surface area contributed by atoms with Crippen molar-refractivity contribution in [3.8, 4) is 16.9 Å². The lowest BCUT2D eigenvalue weighted by Crippen LogP contribution is -2.06. The summed E-state index contributed by atoms with van der Waals surface area (Å²) in [5.74, 6) is 0.324. The fourth-order valence-corrected chi connectivity index (χ4v) is 6.37. The Labute approximate surface area is 229 Å². The van der Waals surface area contributed by atoms with Crippen molar-refractivity contribution >= 4 is 37.9 Å². The fraction of sp³-hybridized carbons (Fsp3) is 0.105. The minimum Gasteiger partial charge on any atom is -0.507 e. The Kier molecular flexibility index (Phi) is 5.98. The maximum absolute atomic E-state index is 10.4. The van der Waals surface area contributed by atoms with Crippen molar-refractivity contribution < 1.29 is 5.11 Å². The molecule has 6 aromatic rings. The van der Waals surface area contributed by atoms with E-state index in [-0.39, 0.29) is 0 Å². The first kappa shape index (κ1) is 23.5. The SMILES string of the molecule is C1=CC2=C(CC1)CCc1c2ccc2ccccc12.Oc1ccc2ccccc2c1-c1cccc2ccccc12. The van der Waals surface area contributed by atoms with E-state index in [4.69, 9.17) is 0 Å². The van der Waals surface area contributed by atoms with E-state index in [0.29, 0.717) is 5.75 Å². The lowest BCUT2D eigenvalue weighted by molar-refractivity contribution is 0.478. The molecule has 8 rings (SSSR count). The average molecular weight is 503 g/mol. The van der Waals surface area contributed by atoms with Crippen molar-refractivity contribution in [2.75, 3.05) is 0 Å². The van der Waals surface area contributed by atoms with Crippen LogP contribution in [0.25, 0.3) is 49.0 Å². The van der Waals surface area contributed by atoms with Crippen molar-refractivity contribution in [3.05, 3.63) is 144 Å². The minimum absolute atomic E-state index is 0.324. The number of hydrogen-bond acceptors (Lipinski definition) is 1. The summed E-state index contributed by atoms with van der Waals surface area (Å²) in [5, 5.41) is 17.8. The second kappa shape index (κ2) is 9.93. The van der Waals surface area contributed by atoms with Gasteiger partial charge in [-0.15, -0.1) is 0 Å². The molecule has 0 bridgehead atoms. The summed E-state index contributed by atoms with van der Waals surface area (Å²) in [5.41, 5.74) is 8.19. The molecule has 0 unspecified atom stereocenters. The van der Waals surface area contributed by atoms with Crippen LogP contribution in [0.1, 0.15) is 30.4 Å². The summed E-state index contributed by atoms with van der Waals surface area (Å²) in [6, 6.07) is 39.7. The molecule has 0 amide bonds. The van der Waals surface area contributed by atoms with Crippen LogP contribution >= 0.6 is 0 Å². The van der Waals surface area contributed by atoms with E-state index >= 15 is 0 Å². The normalized spacial score (nSPS) is 14.2. The van der Waals surface area contributed by atoms with E-state index in [9.17, 15) is 5.11 Å². The van der Waals surface area contributed by atoms with E-state index in [0.717, 1.165) is 27.3 Å². The molecule has 1 heteroatoms. The van der Waals surface area contributed by atoms with Gasteiger partial charge in [-0.1, -0.05) is 127 Å². The van der Waals surface area contributed by atoms with Crippen LogP contribution in [-0.2, 0) is 6.42 Å². The second-order valence-corrected chi connectivity index (χ2v) is 10.5. The van der Waals surface area contributed by atoms with Crippen LogP contribution in [0.5, 0.6) is 5.75 Å². The van der Waals surface area contributed by atoms with Gasteiger partial charge in [0.2, 0.25) is 0 Å². The standard InChI is InChI=1S/C20H14O.C18H16/c21-19-13-12-15-7-2-4-10-17(15)20(19)18-11-5-8-14-6-1-3-9-16(14)18;1-3-7-15-13(5-1)9-11-18-16-8-4-2-6-14(16)10-12-17(15)18/h1-13,21H;1,3-5,7-9,11H,2,6,10,12H2. The Morgan fingerprint density at radius 3 is 1.95 bits per heavy atom. The Bertz CT molecular complexity index is 1920. The maximum Gasteiger partial charge on any atom is 0.124 e. The number of rotatable bonds is 1. The number of allylic oxidation sites excluding steroid dienone is 4. The van der Waals surface area contributed by atoms with Crippen LogP contribution in [0, 0.1) is 0 Å². The van der Waals surface area contributed by atoms with Crippen molar-refractivity contribution in [3.63, 3.8) is 0 Å². The smallest absolute Gasteiger partial charge is 0.124 e. The third kappa shape index (κ3) is 4.21. The van der Waals surface area contributed by atoms with Crippen LogP contribution in [-0.4, -0.2) is 5.11 Å². The Morgan fingerprint density at radius 1 is 0.487 bits per heavy atom. The molecule has 0 aliphatic heterocycles. The Balaban J connectivity index is 0.000000131. The Morgan fingerprint density at radius 2 is 1.13 bits per heavy atom. The monoisotopic (exact) mass is 502 g/mol. The highest BCUT2D eigenvalue weighted by atomic mass is 16.3. The highest BCUT2D eigenvalue weighted by Gasteiger charge is 2.20. The van der Waals surface area contributed by atoms with Crippen LogP contribution < -0.4 is 0 Å². The molecule has 0 heterocycles. The quantitative estimate of drug-likeness (QED) is 0.237. The second-order valence-electron chi connectivity index (χ2n) is 10.5. The molecule has 0 atom stereocenters. The lowest BCUT2D eigenvalue weighted by Gasteiger charge is -2.25. The molecule has 6 aromatic carbocycles. The minimum atomic E-state index is 0.324. The van der Waals surface area contributed by atoms with Crippen molar-refractivity contribution in [1.82, 2.24) is 0 Å². The van der Waals surface area contributed by atoms with Crippen LogP contribution in [0.15, 0.2) is 133 Å². The molecule has 2 aliphatic carbocycles. The number of phenolic OH excluding ortho intramolecular Hbond substituents is 1. The number of aryl methyl sites for hydroxylation is 1. The number of fused-ring (bicyclic) bond motifs is 6. The molecule has 188 valence electrons. The van der Waals surface area contributed by atoms with E-state index in [1.807, 2.05) is 36.4 Å². The van der Waals surface area contributed by atoms with Crippen molar-refractivity contribution in [1.29, 1.82) is 0 Å². The van der Waals surface area contributed by atoms with Crippen molar-refractivity contribution in [2.24, 2.45) is 0 Å². The summed E-state index contributed by atoms with van der Waals surface area (Å²) >= 11 is 0. The molecule has 0 spiro atoms. The van der Waals surface area contributed by atoms with Crippen LogP contribution in [0.3, 0.4) is 0 Å². The summed E-state index contributed by atoms with van der Waals surface area (Å²) < 4.78 is 0. The highest BCUT2D eigenvalue weighted by molar-refractivity contribution is 6.07. The predicted molar refractivity (Wildman–Crippen MR) is 166 cm³/mol. The van der Waals surface area contributed by atoms with E-state index in [2.05, 4.69) is 84.9 Å². The molecule has 39 heavy (non-hydrogen) atoms. The number of hydrogen-bond donors (Lipinski definition) is 1. The van der Waals surface area contributed by atoms with Gasteiger partial charge < -0.3 is 5.11 Å². The van der Waals surface area contributed by atoms with Gasteiger partial charge in [0.25, 0.3) is 0 Å². The summed E-state index contributed by atoms with van der Waals surface area (Å²) in [6.45, 7) is 0. The van der Waals surface area contributed by atoms with E-state index < -0.39 is 0 Å². The average Bonchev–Trinajstić information content (AvgIpc) is 3.01. The molecule has 0 saturated heterocycles. The molecule has 0 radical (unpaired) electrons. The molecule has 0 aromatic heterocycles. The van der Waals surface area contributed by atoms with Gasteiger partial charge in [-0.05, 0) is 86.3 Å². The first-order valence-electron chi connectivity index (χ1n) is 13.9.